The van der Waals surface area contributed by atoms with E-state index in [0.29, 0.717) is 25.5 Å². The first-order chi connectivity index (χ1) is 15.7. The van der Waals surface area contributed by atoms with Crippen molar-refractivity contribution in [3.05, 3.63) is 82.9 Å². The van der Waals surface area contributed by atoms with Gasteiger partial charge in [-0.3, -0.25) is 0 Å². The van der Waals surface area contributed by atoms with Gasteiger partial charge in [-0.15, -0.1) is 0 Å². The smallest absolute Gasteiger partial charge is 0.124 e. The second kappa shape index (κ2) is 10.2. The molecule has 1 saturated carbocycles. The molecule has 1 aliphatic rings. The summed E-state index contributed by atoms with van der Waals surface area (Å²) in [5.41, 5.74) is 12.6. The lowest BCUT2D eigenvalue weighted by Crippen LogP contribution is -2.08. The Balaban J connectivity index is 1.68. The molecule has 5 nitrogen and oxygen atoms in total. The van der Waals surface area contributed by atoms with E-state index in [9.17, 15) is 4.79 Å². The minimum absolute atomic E-state index is 0.328. The van der Waals surface area contributed by atoms with Crippen molar-refractivity contribution in [1.29, 1.82) is 5.41 Å². The Morgan fingerprint density at radius 3 is 2.66 bits per heavy atom. The van der Waals surface area contributed by atoms with Gasteiger partial charge in [-0.05, 0) is 65.3 Å². The van der Waals surface area contributed by atoms with Crippen molar-refractivity contribution in [2.45, 2.75) is 32.4 Å². The van der Waals surface area contributed by atoms with E-state index in [-0.39, 0.29) is 0 Å². The first-order valence-electron chi connectivity index (χ1n) is 11.1. The van der Waals surface area contributed by atoms with Crippen LogP contribution in [0.15, 0.2) is 60.7 Å². The number of carbonyl (C=O) groups excluding carboxylic acids is 1. The fraction of sp³-hybridized carbons (Fsp3) is 0.259. The number of benzene rings is 3. The highest BCUT2D eigenvalue weighted by atomic mass is 16.5. The van der Waals surface area contributed by atoms with Crippen LogP contribution in [0.25, 0.3) is 11.1 Å². The van der Waals surface area contributed by atoms with Gasteiger partial charge in [-0.25, -0.2) is 0 Å². The molecule has 0 unspecified atom stereocenters. The summed E-state index contributed by atoms with van der Waals surface area (Å²) in [5, 5.41) is 11.7. The number of aldehydes is 1. The summed E-state index contributed by atoms with van der Waals surface area (Å²) < 4.78 is 6.11. The van der Waals surface area contributed by atoms with Crippen LogP contribution in [0.5, 0.6) is 5.75 Å². The number of hydrogen-bond acceptors (Lipinski definition) is 5. The lowest BCUT2D eigenvalue weighted by molar-refractivity contribution is -0.107. The highest BCUT2D eigenvalue weighted by Gasteiger charge is 2.21. The zero-order valence-electron chi connectivity index (χ0n) is 18.1. The van der Waals surface area contributed by atoms with Crippen LogP contribution in [-0.4, -0.2) is 19.0 Å². The van der Waals surface area contributed by atoms with E-state index in [4.69, 9.17) is 15.9 Å². The summed E-state index contributed by atoms with van der Waals surface area (Å²) in [5.74, 6) is 1.43. The minimum atomic E-state index is 0.328. The van der Waals surface area contributed by atoms with Crippen LogP contribution in [0.1, 0.15) is 35.1 Å². The van der Waals surface area contributed by atoms with Crippen LogP contribution >= 0.6 is 0 Å². The lowest BCUT2D eigenvalue weighted by atomic mass is 9.94. The van der Waals surface area contributed by atoms with Crippen molar-refractivity contribution < 1.29 is 9.53 Å². The Bertz CT molecular complexity index is 1110. The van der Waals surface area contributed by atoms with Gasteiger partial charge in [0.25, 0.3) is 0 Å². The maximum absolute atomic E-state index is 11.0. The molecule has 0 radical (unpaired) electrons. The third-order valence-electron chi connectivity index (χ3n) is 5.81. The maximum Gasteiger partial charge on any atom is 0.124 e. The zero-order valence-corrected chi connectivity index (χ0v) is 18.1. The molecule has 0 saturated heterocycles. The molecule has 0 aromatic heterocycles. The summed E-state index contributed by atoms with van der Waals surface area (Å²) >= 11 is 0. The van der Waals surface area contributed by atoms with Crippen LogP contribution < -0.4 is 15.8 Å². The van der Waals surface area contributed by atoms with Gasteiger partial charge in [-0.1, -0.05) is 36.4 Å². The molecule has 164 valence electrons. The van der Waals surface area contributed by atoms with Crippen molar-refractivity contribution in [1.82, 2.24) is 0 Å². The van der Waals surface area contributed by atoms with Gasteiger partial charge in [0.2, 0.25) is 0 Å². The zero-order chi connectivity index (χ0) is 22.3. The Labute approximate surface area is 189 Å². The molecular formula is C27H29N3O2. The molecule has 0 aliphatic heterocycles. The Hall–Kier alpha value is -3.44. The minimum Gasteiger partial charge on any atom is -0.489 e. The fourth-order valence-electron chi connectivity index (χ4n) is 3.84. The third-order valence-corrected chi connectivity index (χ3v) is 5.81. The molecular weight excluding hydrogens is 398 g/mol. The van der Waals surface area contributed by atoms with E-state index >= 15 is 0 Å². The molecule has 0 spiro atoms. The topological polar surface area (TPSA) is 88.2 Å². The molecule has 0 bridgehead atoms. The highest BCUT2D eigenvalue weighted by molar-refractivity contribution is 5.96. The standard InChI is InChI=1S/C27H29N3O2/c28-15-20-4-3-6-23(12-20)24-13-21(14-26(25(24)16-29)30-17-19-8-9-19)18-32-27-7-2-1-5-22(27)10-11-31/h1-7,11-14,16,19,29-30H,8-10,15,17-18,28H2. The van der Waals surface area contributed by atoms with E-state index < -0.39 is 0 Å². The summed E-state index contributed by atoms with van der Waals surface area (Å²) in [6, 6.07) is 19.9. The molecule has 4 N–H and O–H groups in total. The van der Waals surface area contributed by atoms with Crippen LogP contribution in [0, 0.1) is 11.3 Å². The van der Waals surface area contributed by atoms with Crippen LogP contribution in [0.2, 0.25) is 0 Å². The van der Waals surface area contributed by atoms with E-state index in [2.05, 4.69) is 29.6 Å². The van der Waals surface area contributed by atoms with Crippen molar-refractivity contribution in [2.24, 2.45) is 11.7 Å². The number of nitrogens with two attached hydrogens (primary N) is 1. The molecule has 0 amide bonds. The fourth-order valence-corrected chi connectivity index (χ4v) is 3.84. The molecule has 1 aliphatic carbocycles. The number of carbonyl (C=O) groups is 1. The van der Waals surface area contributed by atoms with E-state index in [1.165, 1.54) is 19.1 Å². The Morgan fingerprint density at radius 2 is 1.91 bits per heavy atom. The van der Waals surface area contributed by atoms with Gasteiger partial charge >= 0.3 is 0 Å². The third kappa shape index (κ3) is 5.24. The van der Waals surface area contributed by atoms with Gasteiger partial charge in [-0.2, -0.15) is 0 Å². The van der Waals surface area contributed by atoms with Crippen molar-refractivity contribution >= 4 is 18.2 Å². The van der Waals surface area contributed by atoms with Crippen molar-refractivity contribution in [2.75, 3.05) is 11.9 Å². The largest absolute Gasteiger partial charge is 0.489 e. The Morgan fingerprint density at radius 1 is 1.06 bits per heavy atom. The number of nitrogens with one attached hydrogen (secondary N) is 2. The molecule has 3 aromatic carbocycles. The molecule has 5 heteroatoms. The first-order valence-corrected chi connectivity index (χ1v) is 11.1. The predicted molar refractivity (Wildman–Crippen MR) is 129 cm³/mol. The highest BCUT2D eigenvalue weighted by Crippen LogP contribution is 2.34. The Kier molecular flexibility index (Phi) is 6.97. The van der Waals surface area contributed by atoms with Crippen LogP contribution in [0.4, 0.5) is 5.69 Å². The van der Waals surface area contributed by atoms with Gasteiger partial charge in [0.15, 0.2) is 0 Å². The molecule has 0 atom stereocenters. The molecule has 3 aromatic rings. The normalized spacial score (nSPS) is 12.9. The maximum atomic E-state index is 11.0. The summed E-state index contributed by atoms with van der Waals surface area (Å²) in [6.07, 6.45) is 5.16. The lowest BCUT2D eigenvalue weighted by Gasteiger charge is -2.18. The van der Waals surface area contributed by atoms with E-state index in [1.54, 1.807) is 0 Å². The van der Waals surface area contributed by atoms with E-state index in [0.717, 1.165) is 57.6 Å². The average Bonchev–Trinajstić information content (AvgIpc) is 3.66. The van der Waals surface area contributed by atoms with Gasteiger partial charge in [0.05, 0.1) is 0 Å². The van der Waals surface area contributed by atoms with Crippen LogP contribution in [-0.2, 0) is 24.4 Å². The molecule has 0 heterocycles. The van der Waals surface area contributed by atoms with Gasteiger partial charge in [0, 0.05) is 42.5 Å². The number of rotatable bonds is 11. The number of para-hydroxylation sites is 1. The molecule has 4 rings (SSSR count). The number of anilines is 1. The first kappa shape index (κ1) is 21.8. The second-order valence-corrected chi connectivity index (χ2v) is 8.24. The van der Waals surface area contributed by atoms with Crippen molar-refractivity contribution in [3.63, 3.8) is 0 Å². The van der Waals surface area contributed by atoms with E-state index in [1.807, 2.05) is 36.4 Å². The number of ether oxygens (including phenoxy) is 1. The summed E-state index contributed by atoms with van der Waals surface area (Å²) in [7, 11) is 0. The van der Waals surface area contributed by atoms with Gasteiger partial charge in [0.1, 0.15) is 18.6 Å². The predicted octanol–water partition coefficient (Wildman–Crippen LogP) is 4.95. The van der Waals surface area contributed by atoms with Gasteiger partial charge < -0.3 is 26.0 Å². The SMILES string of the molecule is N=Cc1c(NCC2CC2)cc(COc2ccccc2CC=O)cc1-c1cccc(CN)c1. The summed E-state index contributed by atoms with van der Waals surface area (Å²) in [6.45, 7) is 1.75. The van der Waals surface area contributed by atoms with Crippen LogP contribution in [0.3, 0.4) is 0 Å². The second-order valence-electron chi connectivity index (χ2n) is 8.24. The molecule has 1 fully saturated rings. The summed E-state index contributed by atoms with van der Waals surface area (Å²) in [4.78, 5) is 11.0. The molecule has 32 heavy (non-hydrogen) atoms. The quantitative estimate of drug-likeness (QED) is 0.298. The number of hydrogen-bond donors (Lipinski definition) is 3. The average molecular weight is 428 g/mol. The van der Waals surface area contributed by atoms with Crippen molar-refractivity contribution in [3.8, 4) is 16.9 Å². The monoisotopic (exact) mass is 427 g/mol.